The molecule has 12 nitrogen and oxygen atoms in total. The Morgan fingerprint density at radius 1 is 1.07 bits per heavy atom. The molecule has 3 aromatic rings. The quantitative estimate of drug-likeness (QED) is 0.370. The number of nitrogens with zero attached hydrogens (tertiary/aromatic N) is 3. The standard InChI is InChI=1S/C34H43N5O7/c1-23(2)10-13-30(40)38-27-9-6-14-37(34(43)35-25-7-4-3-5-8-25)33(31(27)41)39(15-18-44-19-16-39)17-20-45-26-11-12-28-24(21-26)22-29(46-28)32(42)36-38/h3-5,7-8,11-12,21-23,27,31,33,41H,6,9-10,13-20H2,1-2H3,(H-,35,36,42,43)/p+1/t27?,31-,33?/m0/s1. The lowest BCUT2D eigenvalue weighted by Gasteiger charge is -2.52. The molecule has 5 bridgehead atoms. The highest BCUT2D eigenvalue weighted by atomic mass is 16.5. The predicted octanol–water partition coefficient (Wildman–Crippen LogP) is 3.97. The third-order valence-corrected chi connectivity index (χ3v) is 9.40. The summed E-state index contributed by atoms with van der Waals surface area (Å²) in [5.41, 5.74) is 3.99. The first-order valence-corrected chi connectivity index (χ1v) is 16.3. The van der Waals surface area contributed by atoms with Gasteiger partial charge in [-0.25, -0.2) is 9.80 Å². The molecule has 12 heteroatoms. The summed E-state index contributed by atoms with van der Waals surface area (Å²) < 4.78 is 18.2. The van der Waals surface area contributed by atoms with Crippen molar-refractivity contribution < 1.29 is 37.9 Å². The first kappa shape index (κ1) is 31.8. The Morgan fingerprint density at radius 3 is 2.59 bits per heavy atom. The number of benzene rings is 2. The zero-order chi connectivity index (χ0) is 32.3. The second-order valence-electron chi connectivity index (χ2n) is 12.9. The average molecular weight is 635 g/mol. The average Bonchev–Trinajstić information content (AvgIpc) is 3.40. The van der Waals surface area contributed by atoms with E-state index in [1.807, 2.05) is 50.2 Å². The maximum absolute atomic E-state index is 14.1. The van der Waals surface area contributed by atoms with Crippen LogP contribution in [0.15, 0.2) is 59.0 Å². The molecule has 4 amide bonds. The van der Waals surface area contributed by atoms with Crippen molar-refractivity contribution in [2.24, 2.45) is 5.92 Å². The highest BCUT2D eigenvalue weighted by molar-refractivity contribution is 5.97. The number of hydrazine groups is 1. The van der Waals surface area contributed by atoms with Crippen LogP contribution in [0, 0.1) is 5.92 Å². The van der Waals surface area contributed by atoms with Gasteiger partial charge < -0.3 is 24.3 Å². The predicted molar refractivity (Wildman–Crippen MR) is 171 cm³/mol. The Balaban J connectivity index is 1.44. The van der Waals surface area contributed by atoms with Gasteiger partial charge in [-0.1, -0.05) is 32.0 Å². The van der Waals surface area contributed by atoms with E-state index in [-0.39, 0.29) is 30.0 Å². The van der Waals surface area contributed by atoms with Gasteiger partial charge in [0.1, 0.15) is 43.7 Å². The van der Waals surface area contributed by atoms with Crippen molar-refractivity contribution in [1.29, 1.82) is 0 Å². The van der Waals surface area contributed by atoms with Crippen LogP contribution in [0.5, 0.6) is 5.75 Å². The number of para-hydroxylation sites is 1. The smallest absolute Gasteiger partial charge is 0.326 e. The number of morpholine rings is 1. The van der Waals surface area contributed by atoms with E-state index in [0.29, 0.717) is 92.2 Å². The number of rotatable bonds is 4. The molecule has 0 aliphatic carbocycles. The van der Waals surface area contributed by atoms with Gasteiger partial charge in [-0.05, 0) is 61.6 Å². The number of fused-ring (bicyclic) bond motifs is 5. The van der Waals surface area contributed by atoms with E-state index < -0.39 is 24.2 Å². The zero-order valence-electron chi connectivity index (χ0n) is 26.5. The molecule has 46 heavy (non-hydrogen) atoms. The number of nitrogens with one attached hydrogen (secondary N) is 2. The van der Waals surface area contributed by atoms with Gasteiger partial charge in [0.2, 0.25) is 5.91 Å². The number of anilines is 1. The molecule has 1 aromatic heterocycles. The molecular formula is C34H44N5O7+. The topological polar surface area (TPSA) is 134 Å². The number of quaternary nitrogens is 1. The molecule has 0 saturated carbocycles. The van der Waals surface area contributed by atoms with Crippen LogP contribution in [0.3, 0.4) is 0 Å². The fourth-order valence-corrected chi connectivity index (χ4v) is 6.92. The normalized spacial score (nSPS) is 23.5. The number of furan rings is 1. The summed E-state index contributed by atoms with van der Waals surface area (Å²) in [6.07, 6.45) is -0.288. The first-order chi connectivity index (χ1) is 22.2. The van der Waals surface area contributed by atoms with Crippen LogP contribution in [0.4, 0.5) is 10.5 Å². The van der Waals surface area contributed by atoms with Crippen molar-refractivity contribution in [3.05, 3.63) is 60.4 Å². The van der Waals surface area contributed by atoms with Crippen LogP contribution in [-0.2, 0) is 9.53 Å². The monoisotopic (exact) mass is 634 g/mol. The summed E-state index contributed by atoms with van der Waals surface area (Å²) in [5, 5.41) is 17.5. The highest BCUT2D eigenvalue weighted by Gasteiger charge is 2.53. The molecule has 6 rings (SSSR count). The third-order valence-electron chi connectivity index (χ3n) is 9.40. The molecule has 2 fully saturated rings. The second kappa shape index (κ2) is 13.7. The van der Waals surface area contributed by atoms with E-state index in [9.17, 15) is 19.5 Å². The summed E-state index contributed by atoms with van der Waals surface area (Å²) >= 11 is 0. The van der Waals surface area contributed by atoms with Crippen molar-refractivity contribution in [2.75, 3.05) is 51.3 Å². The third kappa shape index (κ3) is 6.69. The van der Waals surface area contributed by atoms with Crippen LogP contribution >= 0.6 is 0 Å². The Bertz CT molecular complexity index is 1540. The molecule has 3 aliphatic rings. The minimum atomic E-state index is -1.21. The lowest BCUT2D eigenvalue weighted by atomic mass is 10.00. The maximum atomic E-state index is 14.1. The minimum Gasteiger partial charge on any atom is -0.488 e. The van der Waals surface area contributed by atoms with Gasteiger partial charge in [-0.2, -0.15) is 0 Å². The van der Waals surface area contributed by atoms with Crippen LogP contribution < -0.4 is 15.5 Å². The molecule has 246 valence electrons. The van der Waals surface area contributed by atoms with Gasteiger partial charge in [0.05, 0.1) is 19.3 Å². The fourth-order valence-electron chi connectivity index (χ4n) is 6.92. The second-order valence-corrected chi connectivity index (χ2v) is 12.9. The van der Waals surface area contributed by atoms with Crippen molar-refractivity contribution in [3.63, 3.8) is 0 Å². The van der Waals surface area contributed by atoms with Gasteiger partial charge in [-0.3, -0.25) is 24.4 Å². The molecular weight excluding hydrogens is 590 g/mol. The lowest BCUT2D eigenvalue weighted by Crippen LogP contribution is -2.74. The largest absolute Gasteiger partial charge is 0.488 e. The van der Waals surface area contributed by atoms with Crippen molar-refractivity contribution in [1.82, 2.24) is 15.3 Å². The Hall–Kier alpha value is -4.13. The van der Waals surface area contributed by atoms with Gasteiger partial charge in [0.15, 0.2) is 11.9 Å². The number of hydrogen-bond acceptors (Lipinski definition) is 7. The SMILES string of the molecule is CC(C)CCC(=O)N1NC(=O)c2cc3cc(ccc3o2)OCC[N+]2(CCOCC2)C2[C@@H](O)C1CCCN2C(=O)Nc1ccccc1. The van der Waals surface area contributed by atoms with Gasteiger partial charge >= 0.3 is 11.9 Å². The summed E-state index contributed by atoms with van der Waals surface area (Å²) in [6, 6.07) is 15.1. The molecule has 0 radical (unpaired) electrons. The molecule has 2 unspecified atom stereocenters. The van der Waals surface area contributed by atoms with Crippen LogP contribution in [-0.4, -0.2) is 102 Å². The fraction of sp³-hybridized carbons (Fsp3) is 0.500. The molecule has 2 saturated heterocycles. The molecule has 3 atom stereocenters. The Morgan fingerprint density at radius 2 is 1.83 bits per heavy atom. The Kier molecular flexibility index (Phi) is 9.48. The maximum Gasteiger partial charge on any atom is 0.326 e. The van der Waals surface area contributed by atoms with Crippen LogP contribution in [0.2, 0.25) is 0 Å². The summed E-state index contributed by atoms with van der Waals surface area (Å²) in [5.74, 6) is 0.0349. The van der Waals surface area contributed by atoms with Crippen molar-refractivity contribution in [3.8, 4) is 5.75 Å². The van der Waals surface area contributed by atoms with Gasteiger partial charge in [0, 0.05) is 24.0 Å². The summed E-state index contributed by atoms with van der Waals surface area (Å²) in [4.78, 5) is 43.4. The van der Waals surface area contributed by atoms with E-state index in [4.69, 9.17) is 13.9 Å². The highest BCUT2D eigenvalue weighted by Crippen LogP contribution is 2.33. The van der Waals surface area contributed by atoms with Crippen molar-refractivity contribution in [2.45, 2.75) is 57.8 Å². The van der Waals surface area contributed by atoms with E-state index in [2.05, 4.69) is 10.7 Å². The summed E-state index contributed by atoms with van der Waals surface area (Å²) in [7, 11) is 0. The number of urea groups is 1. The number of aliphatic hydroxyl groups is 1. The number of likely N-dealkylation sites (tertiary alicyclic amines) is 1. The number of ether oxygens (including phenoxy) is 2. The summed E-state index contributed by atoms with van der Waals surface area (Å²) in [6.45, 7) is 7.16. The lowest BCUT2D eigenvalue weighted by molar-refractivity contribution is -0.970. The van der Waals surface area contributed by atoms with Gasteiger partial charge in [0.25, 0.3) is 0 Å². The van der Waals surface area contributed by atoms with Crippen LogP contribution in [0.25, 0.3) is 11.0 Å². The van der Waals surface area contributed by atoms with E-state index in [1.165, 1.54) is 5.01 Å². The molecule has 4 heterocycles. The Labute approximate surface area is 268 Å². The number of amides is 4. The molecule has 3 N–H and O–H groups in total. The number of carbonyl (C=O) groups excluding carboxylic acids is 3. The number of carbonyl (C=O) groups is 3. The molecule has 3 aliphatic heterocycles. The minimum absolute atomic E-state index is 0.0453. The van der Waals surface area contributed by atoms with Crippen molar-refractivity contribution >= 4 is 34.5 Å². The molecule has 2 aromatic carbocycles. The van der Waals surface area contributed by atoms with Gasteiger partial charge in [-0.15, -0.1) is 0 Å². The first-order valence-electron chi connectivity index (χ1n) is 16.3. The van der Waals surface area contributed by atoms with E-state index >= 15 is 0 Å². The molecule has 1 spiro atoms. The van der Waals surface area contributed by atoms with E-state index in [1.54, 1.807) is 23.1 Å². The number of hydrogen-bond donors (Lipinski definition) is 3. The zero-order valence-corrected chi connectivity index (χ0v) is 26.5. The van der Waals surface area contributed by atoms with Crippen LogP contribution in [0.1, 0.15) is 50.1 Å². The van der Waals surface area contributed by atoms with E-state index in [0.717, 1.165) is 0 Å². The number of aliphatic hydroxyl groups excluding tert-OH is 1.